The van der Waals surface area contributed by atoms with Gasteiger partial charge in [-0.1, -0.05) is 39.7 Å². The van der Waals surface area contributed by atoms with Crippen LogP contribution in [0.2, 0.25) is 0 Å². The van der Waals surface area contributed by atoms with Crippen molar-refractivity contribution >= 4 is 11.8 Å². The van der Waals surface area contributed by atoms with Gasteiger partial charge >= 0.3 is 5.97 Å². The van der Waals surface area contributed by atoms with Gasteiger partial charge in [-0.3, -0.25) is 9.59 Å². The second kappa shape index (κ2) is 10.2. The summed E-state index contributed by atoms with van der Waals surface area (Å²) in [7, 11) is 0. The Morgan fingerprint density at radius 2 is 2.00 bits per heavy atom. The van der Waals surface area contributed by atoms with Gasteiger partial charge in [-0.15, -0.1) is 0 Å². The second-order valence-electron chi connectivity index (χ2n) is 11.1. The molecule has 3 fully saturated rings. The van der Waals surface area contributed by atoms with Crippen LogP contribution in [0.5, 0.6) is 0 Å². The fourth-order valence-electron chi connectivity index (χ4n) is 7.78. The molecule has 0 heterocycles. The molecule has 5 unspecified atom stereocenters. The van der Waals surface area contributed by atoms with Crippen LogP contribution in [0.4, 0.5) is 0 Å². The van der Waals surface area contributed by atoms with Gasteiger partial charge in [-0.25, -0.2) is 0 Å². The van der Waals surface area contributed by atoms with E-state index in [1.165, 1.54) is 0 Å². The Morgan fingerprint density at radius 3 is 2.65 bits per heavy atom. The molecular formula is C27H44O4. The lowest BCUT2D eigenvalue weighted by Crippen LogP contribution is -2.49. The maximum absolute atomic E-state index is 13.7. The number of unbranched alkanes of at least 4 members (excludes halogenated alkanes) is 1. The summed E-state index contributed by atoms with van der Waals surface area (Å²) in [6.07, 6.45) is 11.9. The third-order valence-electron chi connectivity index (χ3n) is 9.35. The van der Waals surface area contributed by atoms with E-state index in [9.17, 15) is 14.7 Å². The number of carbonyl (C=O) groups is 2. The van der Waals surface area contributed by atoms with Crippen LogP contribution in [0, 0.1) is 40.9 Å². The number of aliphatic hydroxyl groups is 1. The third-order valence-corrected chi connectivity index (χ3v) is 9.35. The molecule has 2 N–H and O–H groups in total. The number of carboxylic acids is 1. The van der Waals surface area contributed by atoms with Crippen molar-refractivity contribution in [2.45, 2.75) is 104 Å². The van der Waals surface area contributed by atoms with Crippen molar-refractivity contribution < 1.29 is 19.8 Å². The number of fused-ring (bicyclic) bond motifs is 3. The number of Topliss-reactive ketones (excluding diaryl/α,β-unsaturated/α-hetero) is 1. The Bertz CT molecular complexity index is 683. The summed E-state index contributed by atoms with van der Waals surface area (Å²) in [6, 6.07) is 0. The van der Waals surface area contributed by atoms with Gasteiger partial charge in [0.1, 0.15) is 0 Å². The number of carboxylic acid groups (broad SMARTS) is 1. The zero-order valence-corrected chi connectivity index (χ0v) is 20.1. The minimum absolute atomic E-state index is 0.130. The molecule has 31 heavy (non-hydrogen) atoms. The fraction of sp³-hybridized carbons (Fsp3) is 0.852. The second-order valence-corrected chi connectivity index (χ2v) is 11.1. The lowest BCUT2D eigenvalue weighted by Gasteiger charge is -2.52. The molecule has 0 amide bonds. The van der Waals surface area contributed by atoms with Crippen LogP contribution >= 0.6 is 0 Å². The molecule has 0 aromatic rings. The highest BCUT2D eigenvalue weighted by molar-refractivity contribution is 5.99. The van der Waals surface area contributed by atoms with E-state index in [1.54, 1.807) is 0 Å². The Hall–Kier alpha value is -1.16. The molecule has 0 saturated heterocycles. The first-order valence-corrected chi connectivity index (χ1v) is 12.8. The Kier molecular flexibility index (Phi) is 8.05. The third kappa shape index (κ3) is 4.94. The zero-order chi connectivity index (χ0) is 22.8. The Labute approximate surface area is 188 Å². The van der Waals surface area contributed by atoms with Crippen LogP contribution in [0.1, 0.15) is 98.3 Å². The molecule has 4 nitrogen and oxygen atoms in total. The van der Waals surface area contributed by atoms with Gasteiger partial charge in [0.15, 0.2) is 5.78 Å². The molecule has 0 radical (unpaired) electrons. The molecule has 3 saturated carbocycles. The minimum Gasteiger partial charge on any atom is -0.481 e. The van der Waals surface area contributed by atoms with Gasteiger partial charge < -0.3 is 10.2 Å². The van der Waals surface area contributed by atoms with E-state index in [4.69, 9.17) is 5.11 Å². The van der Waals surface area contributed by atoms with E-state index >= 15 is 0 Å². The number of rotatable bonds is 9. The lowest BCUT2D eigenvalue weighted by molar-refractivity contribution is -0.137. The molecule has 4 heteroatoms. The quantitative estimate of drug-likeness (QED) is 0.437. The molecule has 3 rings (SSSR count). The first-order valence-electron chi connectivity index (χ1n) is 12.8. The maximum Gasteiger partial charge on any atom is 0.303 e. The van der Waals surface area contributed by atoms with E-state index < -0.39 is 5.97 Å². The van der Waals surface area contributed by atoms with Crippen molar-refractivity contribution in [1.29, 1.82) is 0 Å². The van der Waals surface area contributed by atoms with Crippen molar-refractivity contribution in [1.82, 2.24) is 0 Å². The van der Waals surface area contributed by atoms with Crippen LogP contribution in [0.15, 0.2) is 11.6 Å². The van der Waals surface area contributed by atoms with Crippen LogP contribution < -0.4 is 0 Å². The number of ketones is 1. The molecule has 0 bridgehead atoms. The number of aliphatic carboxylic acids is 1. The highest BCUT2D eigenvalue weighted by Crippen LogP contribution is 2.63. The predicted molar refractivity (Wildman–Crippen MR) is 124 cm³/mol. The Balaban J connectivity index is 1.74. The van der Waals surface area contributed by atoms with E-state index in [0.29, 0.717) is 29.5 Å². The first-order chi connectivity index (χ1) is 14.7. The number of hydrogen-bond donors (Lipinski definition) is 2. The van der Waals surface area contributed by atoms with E-state index in [2.05, 4.69) is 20.8 Å². The summed E-state index contributed by atoms with van der Waals surface area (Å²) >= 11 is 0. The SMILES string of the molecule is C/C=C1/C(=O)C2C(CC[C@@]3(C)C2CCC3[C@H](C)CCC(=O)O)CC1C[C@H](O)CCCC. The molecule has 0 aromatic carbocycles. The van der Waals surface area contributed by atoms with Gasteiger partial charge in [0.25, 0.3) is 0 Å². The summed E-state index contributed by atoms with van der Waals surface area (Å²) < 4.78 is 0. The van der Waals surface area contributed by atoms with E-state index in [-0.39, 0.29) is 29.8 Å². The van der Waals surface area contributed by atoms with E-state index in [0.717, 1.165) is 69.8 Å². The van der Waals surface area contributed by atoms with Crippen molar-refractivity contribution in [3.8, 4) is 0 Å². The van der Waals surface area contributed by atoms with Crippen LogP contribution in [0.25, 0.3) is 0 Å². The van der Waals surface area contributed by atoms with Crippen molar-refractivity contribution in [2.75, 3.05) is 0 Å². The number of carbonyl (C=O) groups excluding carboxylic acids is 1. The molecular weight excluding hydrogens is 388 g/mol. The molecule has 3 aliphatic rings. The van der Waals surface area contributed by atoms with Crippen molar-refractivity contribution in [3.05, 3.63) is 11.6 Å². The zero-order valence-electron chi connectivity index (χ0n) is 20.1. The fourth-order valence-corrected chi connectivity index (χ4v) is 7.78. The lowest BCUT2D eigenvalue weighted by atomic mass is 9.51. The summed E-state index contributed by atoms with van der Waals surface area (Å²) in [5.74, 6) is 1.79. The summed E-state index contributed by atoms with van der Waals surface area (Å²) in [6.45, 7) is 8.76. The smallest absolute Gasteiger partial charge is 0.303 e. The Morgan fingerprint density at radius 1 is 1.26 bits per heavy atom. The highest BCUT2D eigenvalue weighted by atomic mass is 16.4. The summed E-state index contributed by atoms with van der Waals surface area (Å²) in [4.78, 5) is 24.8. The number of aliphatic hydroxyl groups excluding tert-OH is 1. The minimum atomic E-state index is -0.706. The summed E-state index contributed by atoms with van der Waals surface area (Å²) in [5.41, 5.74) is 1.13. The van der Waals surface area contributed by atoms with E-state index in [1.807, 2.05) is 13.0 Å². The van der Waals surface area contributed by atoms with Gasteiger partial charge in [-0.05, 0) is 98.9 Å². The number of allylic oxidation sites excluding steroid dienone is 2. The van der Waals surface area contributed by atoms with Crippen LogP contribution in [0.3, 0.4) is 0 Å². The van der Waals surface area contributed by atoms with Gasteiger partial charge in [-0.2, -0.15) is 0 Å². The topological polar surface area (TPSA) is 74.6 Å². The standard InChI is InChI=1S/C27H44O4/c1-5-7-8-20(28)16-19-15-18-13-14-27(4)22(17(3)9-12-24(29)30)10-11-23(27)25(18)26(31)21(19)6-2/h6,17-20,22-23,25,28H,5,7-16H2,1-4H3,(H,29,30)/b21-6+/t17-,18?,19?,20-,22?,23?,25?,27-/m1/s1. The highest BCUT2D eigenvalue weighted by Gasteiger charge is 2.58. The molecule has 176 valence electrons. The first kappa shape index (κ1) is 24.5. The molecule has 0 aromatic heterocycles. The van der Waals surface area contributed by atoms with Crippen molar-refractivity contribution in [2.24, 2.45) is 40.9 Å². The molecule has 0 aliphatic heterocycles. The largest absolute Gasteiger partial charge is 0.481 e. The molecule has 8 atom stereocenters. The predicted octanol–water partition coefficient (Wildman–Crippen LogP) is 6.02. The van der Waals surface area contributed by atoms with Gasteiger partial charge in [0, 0.05) is 12.3 Å². The normalized spacial score (nSPS) is 38.5. The average molecular weight is 433 g/mol. The molecule has 3 aliphatic carbocycles. The number of hydrogen-bond acceptors (Lipinski definition) is 3. The van der Waals surface area contributed by atoms with Crippen LogP contribution in [-0.2, 0) is 9.59 Å². The van der Waals surface area contributed by atoms with Gasteiger partial charge in [0.2, 0.25) is 0 Å². The average Bonchev–Trinajstić information content (AvgIpc) is 3.07. The summed E-state index contributed by atoms with van der Waals surface area (Å²) in [5, 5.41) is 19.6. The maximum atomic E-state index is 13.7. The molecule has 0 spiro atoms. The van der Waals surface area contributed by atoms with Crippen LogP contribution in [-0.4, -0.2) is 28.1 Å². The monoisotopic (exact) mass is 432 g/mol. The van der Waals surface area contributed by atoms with Crippen molar-refractivity contribution in [3.63, 3.8) is 0 Å². The van der Waals surface area contributed by atoms with Gasteiger partial charge in [0.05, 0.1) is 6.10 Å².